The van der Waals surface area contributed by atoms with Gasteiger partial charge in [-0.2, -0.15) is 0 Å². The van der Waals surface area contributed by atoms with E-state index in [1.165, 1.54) is 0 Å². The van der Waals surface area contributed by atoms with Gasteiger partial charge in [0.25, 0.3) is 5.91 Å². The van der Waals surface area contributed by atoms with E-state index in [1.54, 1.807) is 0 Å². The molecule has 0 atom stereocenters. The van der Waals surface area contributed by atoms with Crippen LogP contribution in [0.25, 0.3) is 0 Å². The van der Waals surface area contributed by atoms with Crippen molar-refractivity contribution in [3.63, 3.8) is 0 Å². The number of hydrogen-bond acceptors (Lipinski definition) is 1. The number of nitrogens with one attached hydrogen (secondary N) is 1. The van der Waals surface area contributed by atoms with Crippen LogP contribution in [0.15, 0.2) is 34.9 Å². The lowest BCUT2D eigenvalue weighted by atomic mass is 10.2. The molecule has 1 aromatic carbocycles. The monoisotopic (exact) mass is 328 g/mol. The Morgan fingerprint density at radius 3 is 2.53 bits per heavy atom. The lowest BCUT2D eigenvalue weighted by molar-refractivity contribution is 0.0941. The zero-order valence-corrected chi connectivity index (χ0v) is 11.7. The minimum absolute atomic E-state index is 0.206. The van der Waals surface area contributed by atoms with E-state index in [2.05, 4.69) is 21.2 Å². The summed E-state index contributed by atoms with van der Waals surface area (Å²) in [5, 5.41) is 2.49. The minimum atomic E-state index is -0.892. The summed E-state index contributed by atoms with van der Waals surface area (Å²) in [7, 11) is 1.82. The number of hydrogen-bond donors (Lipinski definition) is 1. The number of carbonyl (C=O) groups is 1. The fraction of sp³-hybridized carbons (Fsp3) is 0.154. The Morgan fingerprint density at radius 2 is 2.00 bits per heavy atom. The quantitative estimate of drug-likeness (QED) is 0.923. The summed E-state index contributed by atoms with van der Waals surface area (Å²) < 4.78 is 29.2. The third-order valence-electron chi connectivity index (χ3n) is 2.72. The lowest BCUT2D eigenvalue weighted by Crippen LogP contribution is -2.26. The van der Waals surface area contributed by atoms with Gasteiger partial charge in [-0.15, -0.1) is 0 Å². The first-order chi connectivity index (χ1) is 8.99. The molecule has 0 fully saturated rings. The molecule has 6 heteroatoms. The first-order valence-electron chi connectivity index (χ1n) is 5.52. The maximum Gasteiger partial charge on any atom is 0.257 e. The Balaban J connectivity index is 2.15. The summed E-state index contributed by atoms with van der Waals surface area (Å²) in [6.45, 7) is 0.206. The number of amides is 1. The van der Waals surface area contributed by atoms with Crippen LogP contribution in [-0.2, 0) is 13.6 Å². The van der Waals surface area contributed by atoms with Crippen LogP contribution >= 0.6 is 15.9 Å². The molecule has 0 aliphatic carbocycles. The fourth-order valence-corrected chi connectivity index (χ4v) is 2.10. The van der Waals surface area contributed by atoms with Gasteiger partial charge in [0.15, 0.2) is 0 Å². The summed E-state index contributed by atoms with van der Waals surface area (Å²) in [6, 6.07) is 5.75. The van der Waals surface area contributed by atoms with Gasteiger partial charge in [-0.25, -0.2) is 8.78 Å². The van der Waals surface area contributed by atoms with E-state index in [1.807, 2.05) is 29.9 Å². The molecule has 0 saturated carbocycles. The SMILES string of the molecule is Cn1cccc1CNC(=O)c1c(F)cc(Br)cc1F. The van der Waals surface area contributed by atoms with Crippen LogP contribution < -0.4 is 5.32 Å². The van der Waals surface area contributed by atoms with Crippen LogP contribution in [0.2, 0.25) is 0 Å². The molecular weight excluding hydrogens is 318 g/mol. The topological polar surface area (TPSA) is 34.0 Å². The number of rotatable bonds is 3. The molecule has 0 unspecified atom stereocenters. The highest BCUT2D eigenvalue weighted by Gasteiger charge is 2.18. The van der Waals surface area contributed by atoms with Crippen molar-refractivity contribution in [1.29, 1.82) is 0 Å². The molecule has 3 nitrogen and oxygen atoms in total. The summed E-state index contributed by atoms with van der Waals surface area (Å²) in [6.07, 6.45) is 1.82. The first kappa shape index (κ1) is 13.7. The van der Waals surface area contributed by atoms with E-state index in [4.69, 9.17) is 0 Å². The summed E-state index contributed by atoms with van der Waals surface area (Å²) in [5.41, 5.74) is 0.267. The predicted octanol–water partition coefficient (Wildman–Crippen LogP) is 3.00. The molecule has 1 aromatic heterocycles. The first-order valence-corrected chi connectivity index (χ1v) is 6.31. The van der Waals surface area contributed by atoms with Crippen LogP contribution in [-0.4, -0.2) is 10.5 Å². The second-order valence-electron chi connectivity index (χ2n) is 4.04. The van der Waals surface area contributed by atoms with Crippen molar-refractivity contribution in [2.75, 3.05) is 0 Å². The normalized spacial score (nSPS) is 10.5. The van der Waals surface area contributed by atoms with Crippen molar-refractivity contribution in [2.45, 2.75) is 6.54 Å². The van der Waals surface area contributed by atoms with Crippen LogP contribution in [0.4, 0.5) is 8.78 Å². The maximum atomic E-state index is 13.6. The molecule has 19 heavy (non-hydrogen) atoms. The van der Waals surface area contributed by atoms with Crippen LogP contribution in [0, 0.1) is 11.6 Å². The number of nitrogens with zero attached hydrogens (tertiary/aromatic N) is 1. The third kappa shape index (κ3) is 3.01. The van der Waals surface area contributed by atoms with E-state index < -0.39 is 23.1 Å². The Morgan fingerprint density at radius 1 is 1.37 bits per heavy atom. The van der Waals surface area contributed by atoms with Gasteiger partial charge < -0.3 is 9.88 Å². The van der Waals surface area contributed by atoms with E-state index in [-0.39, 0.29) is 11.0 Å². The predicted molar refractivity (Wildman–Crippen MR) is 70.6 cm³/mol. The Bertz CT molecular complexity index is 602. The van der Waals surface area contributed by atoms with Gasteiger partial charge in [0.1, 0.15) is 17.2 Å². The smallest absolute Gasteiger partial charge is 0.257 e. The molecule has 1 heterocycles. The molecule has 1 amide bonds. The zero-order chi connectivity index (χ0) is 14.0. The molecule has 100 valence electrons. The Labute approximate surface area is 117 Å². The van der Waals surface area contributed by atoms with Gasteiger partial charge >= 0.3 is 0 Å². The highest BCUT2D eigenvalue weighted by Crippen LogP contribution is 2.19. The van der Waals surface area contributed by atoms with Crippen molar-refractivity contribution in [1.82, 2.24) is 9.88 Å². The molecule has 0 saturated heterocycles. The molecule has 2 rings (SSSR count). The summed E-state index contributed by atoms with van der Waals surface area (Å²) in [5.74, 6) is -2.56. The molecular formula is C13H11BrF2N2O. The highest BCUT2D eigenvalue weighted by atomic mass is 79.9. The van der Waals surface area contributed by atoms with Crippen molar-refractivity contribution in [3.8, 4) is 0 Å². The van der Waals surface area contributed by atoms with Crippen LogP contribution in [0.3, 0.4) is 0 Å². The molecule has 0 spiro atoms. The third-order valence-corrected chi connectivity index (χ3v) is 3.17. The Kier molecular flexibility index (Phi) is 3.99. The molecule has 0 aliphatic heterocycles. The molecule has 2 aromatic rings. The number of carbonyl (C=O) groups excluding carboxylic acids is 1. The van der Waals surface area contributed by atoms with Crippen molar-refractivity contribution >= 4 is 21.8 Å². The van der Waals surface area contributed by atoms with Crippen LogP contribution in [0.1, 0.15) is 16.1 Å². The van der Waals surface area contributed by atoms with E-state index in [9.17, 15) is 13.6 Å². The zero-order valence-electron chi connectivity index (χ0n) is 10.1. The number of aromatic nitrogens is 1. The van der Waals surface area contributed by atoms with Crippen molar-refractivity contribution < 1.29 is 13.6 Å². The average molecular weight is 329 g/mol. The molecule has 1 N–H and O–H groups in total. The number of aryl methyl sites for hydroxylation is 1. The minimum Gasteiger partial charge on any atom is -0.353 e. The number of halogens is 3. The van der Waals surface area contributed by atoms with Crippen LogP contribution in [0.5, 0.6) is 0 Å². The summed E-state index contributed by atoms with van der Waals surface area (Å²) in [4.78, 5) is 11.8. The number of benzene rings is 1. The van der Waals surface area contributed by atoms with Gasteiger partial charge in [-0.05, 0) is 24.3 Å². The summed E-state index contributed by atoms with van der Waals surface area (Å²) >= 11 is 2.96. The van der Waals surface area contributed by atoms with Gasteiger partial charge in [-0.1, -0.05) is 15.9 Å². The average Bonchev–Trinajstić information content (AvgIpc) is 2.70. The molecule has 0 radical (unpaired) electrons. The van der Waals surface area contributed by atoms with Gasteiger partial charge in [0, 0.05) is 23.4 Å². The van der Waals surface area contributed by atoms with E-state index in [0.717, 1.165) is 17.8 Å². The van der Waals surface area contributed by atoms with E-state index >= 15 is 0 Å². The van der Waals surface area contributed by atoms with Crippen molar-refractivity contribution in [3.05, 3.63) is 57.8 Å². The fourth-order valence-electron chi connectivity index (χ4n) is 1.70. The second-order valence-corrected chi connectivity index (χ2v) is 4.95. The standard InChI is InChI=1S/C13H11BrF2N2O/c1-18-4-2-3-9(18)7-17-13(19)12-10(15)5-8(14)6-11(12)16/h2-6H,7H2,1H3,(H,17,19). The van der Waals surface area contributed by atoms with Gasteiger partial charge in [0.05, 0.1) is 6.54 Å². The van der Waals surface area contributed by atoms with Gasteiger partial charge in [-0.3, -0.25) is 4.79 Å². The second kappa shape index (κ2) is 5.52. The van der Waals surface area contributed by atoms with Gasteiger partial charge in [0.2, 0.25) is 0 Å². The largest absolute Gasteiger partial charge is 0.353 e. The highest BCUT2D eigenvalue weighted by molar-refractivity contribution is 9.10. The molecule has 0 aliphatic rings. The van der Waals surface area contributed by atoms with E-state index in [0.29, 0.717) is 0 Å². The lowest BCUT2D eigenvalue weighted by Gasteiger charge is -2.08. The Hall–Kier alpha value is -1.69. The van der Waals surface area contributed by atoms with Crippen molar-refractivity contribution in [2.24, 2.45) is 7.05 Å². The maximum absolute atomic E-state index is 13.6. The molecule has 0 bridgehead atoms.